The summed E-state index contributed by atoms with van der Waals surface area (Å²) in [5, 5.41) is 13.7. The summed E-state index contributed by atoms with van der Waals surface area (Å²) in [5.74, 6) is 1.09. The van der Waals surface area contributed by atoms with Gasteiger partial charge in [0.15, 0.2) is 5.69 Å². The van der Waals surface area contributed by atoms with E-state index in [4.69, 9.17) is 4.52 Å². The molecule has 7 heteroatoms. The van der Waals surface area contributed by atoms with E-state index in [-0.39, 0.29) is 24.4 Å². The van der Waals surface area contributed by atoms with Crippen molar-refractivity contribution >= 4 is 18.3 Å². The van der Waals surface area contributed by atoms with Gasteiger partial charge in [0, 0.05) is 38.8 Å². The molecule has 21 heavy (non-hydrogen) atoms. The average molecular weight is 316 g/mol. The Labute approximate surface area is 130 Å². The number of piperazine rings is 1. The lowest BCUT2D eigenvalue weighted by molar-refractivity contribution is 0.0482. The zero-order valence-electron chi connectivity index (χ0n) is 12.2. The predicted octanol–water partition coefficient (Wildman–Crippen LogP) is 0.934. The van der Waals surface area contributed by atoms with Gasteiger partial charge in [-0.05, 0) is 25.7 Å². The molecule has 1 aromatic rings. The number of β-amino-alcohol motifs (C(OH)–C–C–N with tert-alkyl or cyclic N) is 1. The number of carbonyl (C=O) groups excluding carboxylic acids is 1. The first-order valence-corrected chi connectivity index (χ1v) is 7.26. The molecule has 1 saturated heterocycles. The third-order valence-corrected chi connectivity index (χ3v) is 4.12. The third-order valence-electron chi connectivity index (χ3n) is 4.12. The van der Waals surface area contributed by atoms with Gasteiger partial charge in [0.1, 0.15) is 5.76 Å². The summed E-state index contributed by atoms with van der Waals surface area (Å²) in [6, 6.07) is 1.67. The molecule has 2 heterocycles. The predicted molar refractivity (Wildman–Crippen MR) is 79.6 cm³/mol. The van der Waals surface area contributed by atoms with Crippen LogP contribution >= 0.6 is 12.4 Å². The van der Waals surface area contributed by atoms with Gasteiger partial charge >= 0.3 is 0 Å². The molecule has 6 nitrogen and oxygen atoms in total. The minimum atomic E-state index is -0.199. The van der Waals surface area contributed by atoms with Gasteiger partial charge in [-0.3, -0.25) is 9.69 Å². The third kappa shape index (κ3) is 3.96. The zero-order valence-corrected chi connectivity index (χ0v) is 13.0. The number of hydrogen-bond donors (Lipinski definition) is 1. The smallest absolute Gasteiger partial charge is 0.276 e. The second kappa shape index (κ2) is 6.77. The quantitative estimate of drug-likeness (QED) is 0.895. The van der Waals surface area contributed by atoms with Gasteiger partial charge in [-0.15, -0.1) is 12.4 Å². The van der Waals surface area contributed by atoms with Crippen LogP contribution in [0.5, 0.6) is 0 Å². The van der Waals surface area contributed by atoms with Gasteiger partial charge in [0.2, 0.25) is 0 Å². The number of aromatic nitrogens is 1. The highest BCUT2D eigenvalue weighted by atomic mass is 35.5. The van der Waals surface area contributed by atoms with Crippen molar-refractivity contribution in [3.05, 3.63) is 17.5 Å². The molecule has 0 radical (unpaired) electrons. The van der Waals surface area contributed by atoms with Crippen molar-refractivity contribution in [1.29, 1.82) is 0 Å². The number of halogens is 1. The maximum Gasteiger partial charge on any atom is 0.276 e. The Morgan fingerprint density at radius 3 is 2.62 bits per heavy atom. The Kier molecular flexibility index (Phi) is 5.24. The van der Waals surface area contributed by atoms with Crippen LogP contribution in [0.1, 0.15) is 29.1 Å². The first-order chi connectivity index (χ1) is 9.63. The average Bonchev–Trinajstić information content (AvgIpc) is 3.21. The lowest BCUT2D eigenvalue weighted by Gasteiger charge is -2.35. The molecule has 1 atom stereocenters. The Morgan fingerprint density at radius 1 is 1.43 bits per heavy atom. The highest BCUT2D eigenvalue weighted by Gasteiger charge is 2.32. The van der Waals surface area contributed by atoms with Crippen molar-refractivity contribution in [3.63, 3.8) is 0 Å². The Balaban J connectivity index is 0.00000161. The number of nitrogens with zero attached hydrogens (tertiary/aromatic N) is 3. The molecule has 1 aliphatic carbocycles. The highest BCUT2D eigenvalue weighted by molar-refractivity contribution is 5.92. The van der Waals surface area contributed by atoms with Gasteiger partial charge in [0.05, 0.1) is 6.10 Å². The largest absolute Gasteiger partial charge is 0.392 e. The molecule has 2 aliphatic rings. The number of hydrogen-bond acceptors (Lipinski definition) is 5. The van der Waals surface area contributed by atoms with E-state index < -0.39 is 0 Å². The van der Waals surface area contributed by atoms with Crippen molar-refractivity contribution in [1.82, 2.24) is 15.0 Å². The van der Waals surface area contributed by atoms with Crippen LogP contribution in [0.4, 0.5) is 0 Å². The second-order valence-corrected chi connectivity index (χ2v) is 5.82. The molecule has 1 saturated carbocycles. The van der Waals surface area contributed by atoms with E-state index >= 15 is 0 Å². The normalized spacial score (nSPS) is 21.0. The SMILES string of the molecule is Cc1cc(C(=O)N2CCN(CC(O)C3CC3)CC2)no1.Cl. The fraction of sp³-hybridized carbons (Fsp3) is 0.714. The molecular weight excluding hydrogens is 294 g/mol. The van der Waals surface area contributed by atoms with Gasteiger partial charge in [-0.2, -0.15) is 0 Å². The number of aryl methyl sites for hydroxylation is 1. The summed E-state index contributed by atoms with van der Waals surface area (Å²) >= 11 is 0. The summed E-state index contributed by atoms with van der Waals surface area (Å²) in [7, 11) is 0. The summed E-state index contributed by atoms with van der Waals surface area (Å²) < 4.78 is 4.94. The molecule has 118 valence electrons. The van der Waals surface area contributed by atoms with E-state index in [0.717, 1.165) is 32.5 Å². The van der Waals surface area contributed by atoms with E-state index in [0.29, 0.717) is 30.5 Å². The molecule has 0 aromatic carbocycles. The van der Waals surface area contributed by atoms with Crippen molar-refractivity contribution in [2.75, 3.05) is 32.7 Å². The van der Waals surface area contributed by atoms with E-state index in [1.54, 1.807) is 17.9 Å². The van der Waals surface area contributed by atoms with Crippen LogP contribution < -0.4 is 0 Å². The summed E-state index contributed by atoms with van der Waals surface area (Å²) in [5.41, 5.74) is 0.383. The van der Waals surface area contributed by atoms with Crippen molar-refractivity contribution < 1.29 is 14.4 Å². The maximum atomic E-state index is 12.2. The topological polar surface area (TPSA) is 69.8 Å². The second-order valence-electron chi connectivity index (χ2n) is 5.82. The van der Waals surface area contributed by atoms with Crippen LogP contribution in [0.2, 0.25) is 0 Å². The molecule has 1 aromatic heterocycles. The maximum absolute atomic E-state index is 12.2. The number of carbonyl (C=O) groups is 1. The molecular formula is C14H22ClN3O3. The van der Waals surface area contributed by atoms with Crippen LogP contribution in [0, 0.1) is 12.8 Å². The molecule has 3 rings (SSSR count). The van der Waals surface area contributed by atoms with Gasteiger partial charge in [0.25, 0.3) is 5.91 Å². The van der Waals surface area contributed by atoms with E-state index in [2.05, 4.69) is 10.1 Å². The minimum absolute atomic E-state index is 0. The van der Waals surface area contributed by atoms with Crippen LogP contribution in [0.15, 0.2) is 10.6 Å². The van der Waals surface area contributed by atoms with Crippen LogP contribution in [-0.4, -0.2) is 64.8 Å². The Hall–Kier alpha value is -1.11. The Morgan fingerprint density at radius 2 is 2.10 bits per heavy atom. The molecule has 1 amide bonds. The highest BCUT2D eigenvalue weighted by Crippen LogP contribution is 2.32. The van der Waals surface area contributed by atoms with Crippen molar-refractivity contribution in [2.45, 2.75) is 25.9 Å². The molecule has 0 bridgehead atoms. The van der Waals surface area contributed by atoms with Gasteiger partial charge in [-0.25, -0.2) is 0 Å². The lowest BCUT2D eigenvalue weighted by atomic mass is 10.2. The first-order valence-electron chi connectivity index (χ1n) is 7.26. The van der Waals surface area contributed by atoms with E-state index in [1.165, 1.54) is 0 Å². The summed E-state index contributed by atoms with van der Waals surface area (Å²) in [4.78, 5) is 16.2. The van der Waals surface area contributed by atoms with Crippen molar-refractivity contribution in [2.24, 2.45) is 5.92 Å². The van der Waals surface area contributed by atoms with Crippen LogP contribution in [0.3, 0.4) is 0 Å². The molecule has 2 fully saturated rings. The zero-order chi connectivity index (χ0) is 14.1. The van der Waals surface area contributed by atoms with E-state index in [1.807, 2.05) is 0 Å². The number of aliphatic hydroxyl groups excluding tert-OH is 1. The fourth-order valence-corrected chi connectivity index (χ4v) is 2.66. The standard InChI is InChI=1S/C14H21N3O3.ClH/c1-10-8-12(15-20-10)14(19)17-6-4-16(5-7-17)9-13(18)11-2-3-11;/h8,11,13,18H,2-7,9H2,1H3;1H. The first kappa shape index (κ1) is 16.3. The van der Waals surface area contributed by atoms with Crippen LogP contribution in [0.25, 0.3) is 0 Å². The van der Waals surface area contributed by atoms with Crippen LogP contribution in [-0.2, 0) is 0 Å². The molecule has 1 N–H and O–H groups in total. The summed E-state index contributed by atoms with van der Waals surface area (Å²) in [6.45, 7) is 5.50. The van der Waals surface area contributed by atoms with Gasteiger partial charge < -0.3 is 14.5 Å². The van der Waals surface area contributed by atoms with E-state index in [9.17, 15) is 9.90 Å². The number of amides is 1. The molecule has 1 aliphatic heterocycles. The Bertz CT molecular complexity index is 482. The molecule has 1 unspecified atom stereocenters. The molecule has 0 spiro atoms. The fourth-order valence-electron chi connectivity index (χ4n) is 2.66. The summed E-state index contributed by atoms with van der Waals surface area (Å²) in [6.07, 6.45) is 2.12. The minimum Gasteiger partial charge on any atom is -0.392 e. The van der Waals surface area contributed by atoms with Gasteiger partial charge in [-0.1, -0.05) is 5.16 Å². The number of aliphatic hydroxyl groups is 1. The monoisotopic (exact) mass is 315 g/mol. The number of rotatable bonds is 4. The van der Waals surface area contributed by atoms with Crippen molar-refractivity contribution in [3.8, 4) is 0 Å². The lowest BCUT2D eigenvalue weighted by Crippen LogP contribution is -2.50.